The molecule has 4 nitrogen and oxygen atoms in total. The van der Waals surface area contributed by atoms with E-state index in [1.165, 1.54) is 5.56 Å². The summed E-state index contributed by atoms with van der Waals surface area (Å²) in [5.74, 6) is -0.125. The molecule has 108 valence electrons. The number of rotatable bonds is 5. The van der Waals surface area contributed by atoms with E-state index < -0.39 is 5.54 Å². The largest absolute Gasteiger partial charge is 0.376 e. The highest BCUT2D eigenvalue weighted by molar-refractivity contribution is 5.82. The molecule has 0 bridgehead atoms. The molecule has 0 aromatic heterocycles. The van der Waals surface area contributed by atoms with E-state index >= 15 is 0 Å². The maximum absolute atomic E-state index is 11.9. The predicted octanol–water partition coefficient (Wildman–Crippen LogP) is 2.77. The van der Waals surface area contributed by atoms with E-state index in [4.69, 9.17) is 0 Å². The van der Waals surface area contributed by atoms with E-state index in [-0.39, 0.29) is 18.4 Å². The van der Waals surface area contributed by atoms with E-state index in [2.05, 4.69) is 22.8 Å². The molecule has 0 spiro atoms. The van der Waals surface area contributed by atoms with Crippen LogP contribution in [0, 0.1) is 31.1 Å². The van der Waals surface area contributed by atoms with Gasteiger partial charge in [0.25, 0.3) is 0 Å². The number of carbonyl (C=O) groups is 1. The number of nitrogens with one attached hydrogen (secondary N) is 2. The van der Waals surface area contributed by atoms with Gasteiger partial charge in [-0.2, -0.15) is 5.26 Å². The molecule has 0 saturated heterocycles. The van der Waals surface area contributed by atoms with Crippen molar-refractivity contribution in [3.8, 4) is 6.07 Å². The highest BCUT2D eigenvalue weighted by Gasteiger charge is 2.29. The van der Waals surface area contributed by atoms with Gasteiger partial charge in [-0.05, 0) is 38.3 Å². The molecule has 1 atom stereocenters. The van der Waals surface area contributed by atoms with Crippen LogP contribution in [0.4, 0.5) is 5.69 Å². The van der Waals surface area contributed by atoms with Crippen LogP contribution in [0.5, 0.6) is 0 Å². The molecule has 1 unspecified atom stereocenters. The number of anilines is 1. The van der Waals surface area contributed by atoms with Crippen molar-refractivity contribution in [3.05, 3.63) is 29.3 Å². The number of amides is 1. The molecular formula is C16H23N3O. The van der Waals surface area contributed by atoms with Crippen LogP contribution in [0.25, 0.3) is 0 Å². The maximum Gasteiger partial charge on any atom is 0.240 e. The zero-order chi connectivity index (χ0) is 15.3. The first-order valence-electron chi connectivity index (χ1n) is 6.82. The van der Waals surface area contributed by atoms with Crippen LogP contribution in [0.3, 0.4) is 0 Å². The van der Waals surface area contributed by atoms with Crippen molar-refractivity contribution in [1.29, 1.82) is 5.26 Å². The second-order valence-electron chi connectivity index (χ2n) is 5.69. The van der Waals surface area contributed by atoms with Crippen LogP contribution < -0.4 is 10.6 Å². The van der Waals surface area contributed by atoms with Crippen molar-refractivity contribution in [2.24, 2.45) is 5.92 Å². The topological polar surface area (TPSA) is 64.9 Å². The lowest BCUT2D eigenvalue weighted by molar-refractivity contribution is -0.121. The third-order valence-electron chi connectivity index (χ3n) is 3.61. The quantitative estimate of drug-likeness (QED) is 0.867. The van der Waals surface area contributed by atoms with Gasteiger partial charge >= 0.3 is 0 Å². The minimum absolute atomic E-state index is 0.0533. The zero-order valence-electron chi connectivity index (χ0n) is 12.9. The molecule has 0 fully saturated rings. The molecule has 20 heavy (non-hydrogen) atoms. The van der Waals surface area contributed by atoms with Gasteiger partial charge in [-0.1, -0.05) is 31.5 Å². The van der Waals surface area contributed by atoms with Crippen molar-refractivity contribution in [1.82, 2.24) is 5.32 Å². The monoisotopic (exact) mass is 273 g/mol. The van der Waals surface area contributed by atoms with Gasteiger partial charge in [-0.25, -0.2) is 0 Å². The molecule has 2 N–H and O–H groups in total. The Bertz CT molecular complexity index is 531. The zero-order valence-corrected chi connectivity index (χ0v) is 12.9. The Morgan fingerprint density at radius 1 is 1.40 bits per heavy atom. The Morgan fingerprint density at radius 3 is 2.55 bits per heavy atom. The lowest BCUT2D eigenvalue weighted by atomic mass is 9.90. The summed E-state index contributed by atoms with van der Waals surface area (Å²) in [6.45, 7) is 9.77. The van der Waals surface area contributed by atoms with Gasteiger partial charge in [0.15, 0.2) is 0 Å². The summed E-state index contributed by atoms with van der Waals surface area (Å²) in [7, 11) is 0. The molecule has 0 aliphatic rings. The summed E-state index contributed by atoms with van der Waals surface area (Å²) in [4.78, 5) is 11.9. The van der Waals surface area contributed by atoms with Gasteiger partial charge in [0.05, 0.1) is 12.6 Å². The fourth-order valence-corrected chi connectivity index (χ4v) is 1.82. The second kappa shape index (κ2) is 6.42. The SMILES string of the molecule is Cc1ccc(NCC(=O)NC(C)(C#N)C(C)C)c(C)c1. The number of hydrogen-bond acceptors (Lipinski definition) is 3. The second-order valence-corrected chi connectivity index (χ2v) is 5.69. The average molecular weight is 273 g/mol. The Kier molecular flexibility index (Phi) is 5.15. The van der Waals surface area contributed by atoms with Gasteiger partial charge in [0, 0.05) is 5.69 Å². The van der Waals surface area contributed by atoms with Gasteiger partial charge in [0.1, 0.15) is 5.54 Å². The van der Waals surface area contributed by atoms with Crippen molar-refractivity contribution >= 4 is 11.6 Å². The number of hydrogen-bond donors (Lipinski definition) is 2. The highest BCUT2D eigenvalue weighted by Crippen LogP contribution is 2.17. The first-order valence-corrected chi connectivity index (χ1v) is 6.82. The number of nitrogens with zero attached hydrogens (tertiary/aromatic N) is 1. The summed E-state index contributed by atoms with van der Waals surface area (Å²) < 4.78 is 0. The minimum Gasteiger partial charge on any atom is -0.376 e. The number of nitriles is 1. The molecule has 4 heteroatoms. The van der Waals surface area contributed by atoms with Crippen LogP contribution in [-0.4, -0.2) is 18.0 Å². The van der Waals surface area contributed by atoms with Crippen molar-refractivity contribution in [2.45, 2.75) is 40.2 Å². The summed E-state index contributed by atoms with van der Waals surface area (Å²) in [5.41, 5.74) is 2.40. The van der Waals surface area contributed by atoms with Crippen molar-refractivity contribution < 1.29 is 4.79 Å². The third kappa shape index (κ3) is 3.99. The molecule has 0 aliphatic heterocycles. The molecule has 0 aliphatic carbocycles. The molecule has 0 heterocycles. The van der Waals surface area contributed by atoms with E-state index in [1.54, 1.807) is 6.92 Å². The van der Waals surface area contributed by atoms with Crippen LogP contribution in [-0.2, 0) is 4.79 Å². The summed E-state index contributed by atoms with van der Waals surface area (Å²) in [6.07, 6.45) is 0. The number of carbonyl (C=O) groups excluding carboxylic acids is 1. The standard InChI is InChI=1S/C16H23N3O/c1-11(2)16(5,10-17)19-15(20)9-18-14-7-6-12(3)8-13(14)4/h6-8,11,18H,9H2,1-5H3,(H,19,20). The van der Waals surface area contributed by atoms with E-state index in [0.29, 0.717) is 0 Å². The van der Waals surface area contributed by atoms with Crippen molar-refractivity contribution in [2.75, 3.05) is 11.9 Å². The molecule has 1 aromatic rings. The Balaban J connectivity index is 2.62. The molecule has 1 rings (SSSR count). The van der Waals surface area contributed by atoms with Gasteiger partial charge in [0.2, 0.25) is 5.91 Å². The Hall–Kier alpha value is -2.02. The Morgan fingerprint density at radius 2 is 2.05 bits per heavy atom. The maximum atomic E-state index is 11.9. The predicted molar refractivity (Wildman–Crippen MR) is 81.4 cm³/mol. The average Bonchev–Trinajstić information content (AvgIpc) is 2.37. The third-order valence-corrected chi connectivity index (χ3v) is 3.61. The molecule has 0 saturated carbocycles. The first-order chi connectivity index (χ1) is 9.28. The normalized spacial score (nSPS) is 13.4. The Labute approximate surface area is 121 Å². The van der Waals surface area contributed by atoms with Crippen LogP contribution >= 0.6 is 0 Å². The van der Waals surface area contributed by atoms with E-state index in [1.807, 2.05) is 39.8 Å². The summed E-state index contributed by atoms with van der Waals surface area (Å²) >= 11 is 0. The number of aryl methyl sites for hydroxylation is 2. The lowest BCUT2D eigenvalue weighted by Gasteiger charge is -2.27. The fraction of sp³-hybridized carbons (Fsp3) is 0.500. The van der Waals surface area contributed by atoms with Crippen LogP contribution in [0.2, 0.25) is 0 Å². The summed E-state index contributed by atoms with van der Waals surface area (Å²) in [6, 6.07) is 8.19. The van der Waals surface area contributed by atoms with Gasteiger partial charge in [-0.3, -0.25) is 4.79 Å². The first kappa shape index (κ1) is 16.0. The lowest BCUT2D eigenvalue weighted by Crippen LogP contribution is -2.50. The van der Waals surface area contributed by atoms with Crippen molar-refractivity contribution in [3.63, 3.8) is 0 Å². The molecule has 1 amide bonds. The number of benzene rings is 1. The summed E-state index contributed by atoms with van der Waals surface area (Å²) in [5, 5.41) is 15.1. The minimum atomic E-state index is -0.832. The fourth-order valence-electron chi connectivity index (χ4n) is 1.82. The van der Waals surface area contributed by atoms with Gasteiger partial charge in [-0.15, -0.1) is 0 Å². The highest BCUT2D eigenvalue weighted by atomic mass is 16.2. The van der Waals surface area contributed by atoms with Crippen LogP contribution in [0.1, 0.15) is 31.9 Å². The van der Waals surface area contributed by atoms with E-state index in [9.17, 15) is 10.1 Å². The molecular weight excluding hydrogens is 250 g/mol. The van der Waals surface area contributed by atoms with Gasteiger partial charge < -0.3 is 10.6 Å². The molecule has 0 radical (unpaired) electrons. The van der Waals surface area contributed by atoms with E-state index in [0.717, 1.165) is 11.3 Å². The van der Waals surface area contributed by atoms with Crippen LogP contribution in [0.15, 0.2) is 18.2 Å². The smallest absolute Gasteiger partial charge is 0.240 e. The molecule has 1 aromatic carbocycles.